The lowest BCUT2D eigenvalue weighted by molar-refractivity contribution is 0.156. The van der Waals surface area contributed by atoms with Crippen LogP contribution in [-0.2, 0) is 13.1 Å². The number of aliphatic hydroxyl groups is 2. The van der Waals surface area contributed by atoms with E-state index in [1.807, 2.05) is 17.2 Å². The number of benzene rings is 2. The van der Waals surface area contributed by atoms with Crippen LogP contribution in [0.15, 0.2) is 73.1 Å². The Labute approximate surface area is 189 Å². The lowest BCUT2D eigenvalue weighted by Crippen LogP contribution is -2.29. The maximum Gasteiger partial charge on any atom is 0.0634 e. The number of aromatic nitrogens is 1. The molecule has 0 radical (unpaired) electrons. The van der Waals surface area contributed by atoms with E-state index in [9.17, 15) is 10.2 Å². The standard InChI is InChI=1S/C26H32N4O2/c1-20(22-5-3-2-4-6-22)28-26-19-30(18-25-24(26)11-12-27-25)23-9-7-21(8-10-23)17-29(13-15-31)14-16-32/h2-12,19-20,27-28,31-32H,13-18H2,1H3/t20-/m1/s1. The largest absolute Gasteiger partial charge is 0.395 e. The van der Waals surface area contributed by atoms with Crippen molar-refractivity contribution in [1.82, 2.24) is 15.2 Å². The van der Waals surface area contributed by atoms with Crippen molar-refractivity contribution in [1.29, 1.82) is 0 Å². The smallest absolute Gasteiger partial charge is 0.0634 e. The second kappa shape index (κ2) is 10.5. The van der Waals surface area contributed by atoms with Gasteiger partial charge in [-0.05, 0) is 36.2 Å². The fourth-order valence-electron chi connectivity index (χ4n) is 4.17. The molecule has 3 aromatic rings. The third kappa shape index (κ3) is 5.22. The van der Waals surface area contributed by atoms with Gasteiger partial charge in [0.25, 0.3) is 0 Å². The van der Waals surface area contributed by atoms with Crippen molar-refractivity contribution in [3.63, 3.8) is 0 Å². The van der Waals surface area contributed by atoms with E-state index in [0.29, 0.717) is 19.6 Å². The average molecular weight is 433 g/mol. The van der Waals surface area contributed by atoms with Gasteiger partial charge in [-0.1, -0.05) is 42.5 Å². The summed E-state index contributed by atoms with van der Waals surface area (Å²) in [5.74, 6) is 0. The molecule has 0 bridgehead atoms. The zero-order valence-electron chi connectivity index (χ0n) is 18.5. The predicted molar refractivity (Wildman–Crippen MR) is 129 cm³/mol. The summed E-state index contributed by atoms with van der Waals surface area (Å²) in [4.78, 5) is 7.69. The minimum atomic E-state index is 0.0896. The quantitative estimate of drug-likeness (QED) is 0.395. The highest BCUT2D eigenvalue weighted by molar-refractivity contribution is 5.73. The van der Waals surface area contributed by atoms with Gasteiger partial charge in [0.1, 0.15) is 0 Å². The summed E-state index contributed by atoms with van der Waals surface area (Å²) >= 11 is 0. The van der Waals surface area contributed by atoms with Gasteiger partial charge in [-0.3, -0.25) is 4.90 Å². The van der Waals surface area contributed by atoms with E-state index >= 15 is 0 Å². The van der Waals surface area contributed by atoms with Gasteiger partial charge in [0.05, 0.1) is 25.5 Å². The van der Waals surface area contributed by atoms with Crippen molar-refractivity contribution in [2.75, 3.05) is 31.2 Å². The molecule has 1 atom stereocenters. The normalized spacial score (nSPS) is 14.2. The number of aliphatic hydroxyl groups excluding tert-OH is 2. The minimum absolute atomic E-state index is 0.0896. The van der Waals surface area contributed by atoms with Gasteiger partial charge in [-0.25, -0.2) is 0 Å². The Balaban J connectivity index is 1.51. The van der Waals surface area contributed by atoms with E-state index in [1.165, 1.54) is 16.8 Å². The van der Waals surface area contributed by atoms with Gasteiger partial charge in [0.2, 0.25) is 0 Å². The predicted octanol–water partition coefficient (Wildman–Crippen LogP) is 3.47. The number of hydrogen-bond donors (Lipinski definition) is 4. The summed E-state index contributed by atoms with van der Waals surface area (Å²) in [7, 11) is 0. The van der Waals surface area contributed by atoms with E-state index in [1.54, 1.807) is 0 Å². The molecule has 2 aromatic carbocycles. The van der Waals surface area contributed by atoms with Crippen molar-refractivity contribution >= 4 is 11.4 Å². The molecule has 6 heteroatoms. The molecule has 0 saturated heterocycles. The molecule has 32 heavy (non-hydrogen) atoms. The number of fused-ring (bicyclic) bond motifs is 1. The third-order valence-corrected chi connectivity index (χ3v) is 5.91. The molecule has 0 fully saturated rings. The molecule has 1 aromatic heterocycles. The summed E-state index contributed by atoms with van der Waals surface area (Å²) in [5, 5.41) is 22.2. The van der Waals surface area contributed by atoms with Gasteiger partial charge < -0.3 is 25.4 Å². The second-order valence-electron chi connectivity index (χ2n) is 8.21. The van der Waals surface area contributed by atoms with Crippen molar-refractivity contribution in [3.05, 3.63) is 95.4 Å². The summed E-state index contributed by atoms with van der Waals surface area (Å²) in [6.07, 6.45) is 4.19. The summed E-state index contributed by atoms with van der Waals surface area (Å²) in [6.45, 7) is 4.97. The highest BCUT2D eigenvalue weighted by Gasteiger charge is 2.21. The minimum Gasteiger partial charge on any atom is -0.395 e. The van der Waals surface area contributed by atoms with Crippen LogP contribution in [0, 0.1) is 0 Å². The fourth-order valence-corrected chi connectivity index (χ4v) is 4.17. The van der Waals surface area contributed by atoms with Gasteiger partial charge >= 0.3 is 0 Å². The zero-order chi connectivity index (χ0) is 22.3. The highest BCUT2D eigenvalue weighted by Crippen LogP contribution is 2.30. The fraction of sp³-hybridized carbons (Fsp3) is 0.308. The number of nitrogens with zero attached hydrogens (tertiary/aromatic N) is 2. The van der Waals surface area contributed by atoms with E-state index in [4.69, 9.17) is 0 Å². The molecular formula is C26H32N4O2. The first-order valence-electron chi connectivity index (χ1n) is 11.2. The maximum atomic E-state index is 9.23. The Morgan fingerprint density at radius 1 is 1.00 bits per heavy atom. The number of nitrogens with one attached hydrogen (secondary N) is 2. The first-order valence-corrected chi connectivity index (χ1v) is 11.2. The number of hydrogen-bond acceptors (Lipinski definition) is 5. The molecule has 4 N–H and O–H groups in total. The molecule has 0 aliphatic carbocycles. The zero-order valence-corrected chi connectivity index (χ0v) is 18.5. The lowest BCUT2D eigenvalue weighted by Gasteiger charge is -2.29. The first kappa shape index (κ1) is 22.1. The third-order valence-electron chi connectivity index (χ3n) is 5.91. The van der Waals surface area contributed by atoms with Crippen LogP contribution >= 0.6 is 0 Å². The van der Waals surface area contributed by atoms with Crippen LogP contribution in [0.1, 0.15) is 35.3 Å². The van der Waals surface area contributed by atoms with Crippen molar-refractivity contribution in [2.45, 2.75) is 26.1 Å². The van der Waals surface area contributed by atoms with Crippen LogP contribution in [0.2, 0.25) is 0 Å². The number of rotatable bonds is 10. The van der Waals surface area contributed by atoms with Crippen LogP contribution in [0.3, 0.4) is 0 Å². The van der Waals surface area contributed by atoms with E-state index < -0.39 is 0 Å². The van der Waals surface area contributed by atoms with E-state index in [0.717, 1.165) is 23.5 Å². The SMILES string of the molecule is C[C@@H](NC1=CN(c2ccc(CN(CCO)CCO)cc2)Cc2[nH]ccc21)c1ccccc1. The number of H-pyrrole nitrogens is 1. The van der Waals surface area contributed by atoms with Crippen LogP contribution in [0.4, 0.5) is 5.69 Å². The Bertz CT molecular complexity index is 1010. The summed E-state index contributed by atoms with van der Waals surface area (Å²) in [5.41, 5.74) is 7.04. The first-order chi connectivity index (χ1) is 15.7. The Kier molecular flexibility index (Phi) is 7.27. The monoisotopic (exact) mass is 432 g/mol. The molecule has 0 unspecified atom stereocenters. The molecule has 2 heterocycles. The topological polar surface area (TPSA) is 74.8 Å². The molecular weight excluding hydrogens is 400 g/mol. The Morgan fingerprint density at radius 2 is 1.72 bits per heavy atom. The Morgan fingerprint density at radius 3 is 2.41 bits per heavy atom. The summed E-state index contributed by atoms with van der Waals surface area (Å²) in [6, 6.07) is 21.3. The van der Waals surface area contributed by atoms with Crippen LogP contribution in [0.25, 0.3) is 5.70 Å². The molecule has 0 spiro atoms. The van der Waals surface area contributed by atoms with Crippen LogP contribution in [0.5, 0.6) is 0 Å². The maximum absolute atomic E-state index is 9.23. The van der Waals surface area contributed by atoms with Gasteiger partial charge in [-0.15, -0.1) is 0 Å². The van der Waals surface area contributed by atoms with Gasteiger partial charge in [0.15, 0.2) is 0 Å². The van der Waals surface area contributed by atoms with Crippen molar-refractivity contribution in [2.24, 2.45) is 0 Å². The van der Waals surface area contributed by atoms with Gasteiger partial charge in [0, 0.05) is 55.0 Å². The molecule has 0 amide bonds. The molecule has 1 aliphatic rings. The second-order valence-corrected chi connectivity index (χ2v) is 8.21. The molecule has 6 nitrogen and oxygen atoms in total. The number of anilines is 1. The Hall–Kier alpha value is -3.06. The average Bonchev–Trinajstić information content (AvgIpc) is 3.30. The molecule has 1 aliphatic heterocycles. The molecule has 168 valence electrons. The lowest BCUT2D eigenvalue weighted by atomic mass is 10.0. The van der Waals surface area contributed by atoms with Crippen LogP contribution in [-0.4, -0.2) is 46.4 Å². The molecule has 0 saturated carbocycles. The van der Waals surface area contributed by atoms with E-state index in [2.05, 4.69) is 82.9 Å². The summed E-state index contributed by atoms with van der Waals surface area (Å²) < 4.78 is 0. The van der Waals surface area contributed by atoms with Gasteiger partial charge in [-0.2, -0.15) is 0 Å². The molecule has 4 rings (SSSR count). The van der Waals surface area contributed by atoms with Crippen LogP contribution < -0.4 is 10.2 Å². The van der Waals surface area contributed by atoms with Crippen molar-refractivity contribution in [3.8, 4) is 0 Å². The van der Waals surface area contributed by atoms with Crippen molar-refractivity contribution < 1.29 is 10.2 Å². The highest BCUT2D eigenvalue weighted by atomic mass is 16.3. The number of aromatic amines is 1. The van der Waals surface area contributed by atoms with E-state index in [-0.39, 0.29) is 19.3 Å².